The average molecular weight is 392 g/mol. The number of allylic oxidation sites excluding steroid dienone is 1. The van der Waals surface area contributed by atoms with Crippen LogP contribution in [-0.2, 0) is 10.3 Å². The van der Waals surface area contributed by atoms with Crippen molar-refractivity contribution in [1.29, 1.82) is 0 Å². The van der Waals surface area contributed by atoms with Crippen LogP contribution in [-0.4, -0.2) is 19.7 Å². The maximum absolute atomic E-state index is 6.68. The highest BCUT2D eigenvalue weighted by Gasteiger charge is 2.34. The molecule has 2 aromatic carbocycles. The van der Waals surface area contributed by atoms with E-state index in [-0.39, 0.29) is 0 Å². The van der Waals surface area contributed by atoms with E-state index in [1.54, 1.807) is 5.57 Å². The summed E-state index contributed by atoms with van der Waals surface area (Å²) >= 11 is 0. The third kappa shape index (κ3) is 6.29. The first-order chi connectivity index (χ1) is 14.3. The molecule has 0 aliphatic heterocycles. The fourth-order valence-electron chi connectivity index (χ4n) is 4.29. The van der Waals surface area contributed by atoms with Gasteiger partial charge in [-0.25, -0.2) is 0 Å². The Balaban J connectivity index is 1.74. The van der Waals surface area contributed by atoms with E-state index in [0.717, 1.165) is 39.0 Å². The molecule has 0 saturated heterocycles. The van der Waals surface area contributed by atoms with Gasteiger partial charge in [-0.1, -0.05) is 92.1 Å². The highest BCUT2D eigenvalue weighted by molar-refractivity contribution is 5.36. The number of hydrogen-bond donors (Lipinski definition) is 1. The molecular weight excluding hydrogens is 354 g/mol. The van der Waals surface area contributed by atoms with Crippen LogP contribution >= 0.6 is 0 Å². The van der Waals surface area contributed by atoms with Gasteiger partial charge in [0, 0.05) is 13.2 Å². The lowest BCUT2D eigenvalue weighted by atomic mass is 9.83. The van der Waals surface area contributed by atoms with Gasteiger partial charge in [-0.2, -0.15) is 0 Å². The quantitative estimate of drug-likeness (QED) is 0.343. The second kappa shape index (κ2) is 11.9. The van der Waals surface area contributed by atoms with Crippen LogP contribution in [0.2, 0.25) is 0 Å². The van der Waals surface area contributed by atoms with Crippen molar-refractivity contribution >= 4 is 0 Å². The van der Waals surface area contributed by atoms with Crippen molar-refractivity contribution in [3.05, 3.63) is 83.4 Å². The molecule has 2 nitrogen and oxygen atoms in total. The number of nitrogens with one attached hydrogen (secondary N) is 1. The van der Waals surface area contributed by atoms with Gasteiger partial charge >= 0.3 is 0 Å². The Hall–Kier alpha value is -1.90. The van der Waals surface area contributed by atoms with Gasteiger partial charge in [0.1, 0.15) is 5.60 Å². The van der Waals surface area contributed by atoms with E-state index in [1.165, 1.54) is 43.2 Å². The Morgan fingerprint density at radius 2 is 1.52 bits per heavy atom. The molecule has 0 radical (unpaired) electrons. The predicted octanol–water partition coefficient (Wildman–Crippen LogP) is 6.62. The summed E-state index contributed by atoms with van der Waals surface area (Å²) < 4.78 is 6.68. The molecule has 1 fully saturated rings. The van der Waals surface area contributed by atoms with Crippen LogP contribution < -0.4 is 5.32 Å². The SMILES string of the molecule is CCCCOC(CCNCC=C1CCCCC1)(c1ccccc1)c1ccccc1. The van der Waals surface area contributed by atoms with E-state index in [2.05, 4.69) is 79.0 Å². The van der Waals surface area contributed by atoms with Crippen molar-refractivity contribution < 1.29 is 4.74 Å². The fourth-order valence-corrected chi connectivity index (χ4v) is 4.29. The second-order valence-corrected chi connectivity index (χ2v) is 8.14. The van der Waals surface area contributed by atoms with Gasteiger partial charge in [0.25, 0.3) is 0 Å². The monoisotopic (exact) mass is 391 g/mol. The Bertz CT molecular complexity index is 675. The van der Waals surface area contributed by atoms with E-state index in [9.17, 15) is 0 Å². The lowest BCUT2D eigenvalue weighted by Gasteiger charge is -2.35. The molecule has 1 aliphatic carbocycles. The Morgan fingerprint density at radius 3 is 2.10 bits per heavy atom. The Labute approximate surface area is 177 Å². The first-order valence-electron chi connectivity index (χ1n) is 11.5. The standard InChI is InChI=1S/C27H37NO/c1-2-3-23-29-27(25-15-9-5-10-16-25,26-17-11-6-12-18-26)20-22-28-21-19-24-13-7-4-8-14-24/h5-6,9-12,15-19,28H,2-4,7-8,13-14,20-23H2,1H3. The maximum atomic E-state index is 6.68. The lowest BCUT2D eigenvalue weighted by Crippen LogP contribution is -2.35. The highest BCUT2D eigenvalue weighted by Crippen LogP contribution is 2.37. The van der Waals surface area contributed by atoms with E-state index >= 15 is 0 Å². The van der Waals surface area contributed by atoms with Gasteiger partial charge in [0.2, 0.25) is 0 Å². The summed E-state index contributed by atoms with van der Waals surface area (Å²) in [5, 5.41) is 3.66. The van der Waals surface area contributed by atoms with Crippen LogP contribution in [0.3, 0.4) is 0 Å². The average Bonchev–Trinajstić information content (AvgIpc) is 2.80. The summed E-state index contributed by atoms with van der Waals surface area (Å²) in [5.41, 5.74) is 3.73. The smallest absolute Gasteiger partial charge is 0.119 e. The minimum Gasteiger partial charge on any atom is -0.365 e. The predicted molar refractivity (Wildman–Crippen MR) is 123 cm³/mol. The van der Waals surface area contributed by atoms with Crippen LogP contribution in [0, 0.1) is 0 Å². The lowest BCUT2D eigenvalue weighted by molar-refractivity contribution is -0.0257. The third-order valence-corrected chi connectivity index (χ3v) is 6.01. The molecule has 3 rings (SSSR count). The molecular formula is C27H37NO. The van der Waals surface area contributed by atoms with Crippen molar-refractivity contribution in [2.45, 2.75) is 63.9 Å². The van der Waals surface area contributed by atoms with E-state index in [4.69, 9.17) is 4.74 Å². The summed E-state index contributed by atoms with van der Waals surface area (Å²) in [4.78, 5) is 0. The van der Waals surface area contributed by atoms with Gasteiger partial charge < -0.3 is 10.1 Å². The van der Waals surface area contributed by atoms with Crippen molar-refractivity contribution in [2.75, 3.05) is 19.7 Å². The largest absolute Gasteiger partial charge is 0.365 e. The molecule has 0 atom stereocenters. The van der Waals surface area contributed by atoms with E-state index in [1.807, 2.05) is 0 Å². The van der Waals surface area contributed by atoms with Gasteiger partial charge in [-0.05, 0) is 56.2 Å². The Morgan fingerprint density at radius 1 is 0.897 bits per heavy atom. The molecule has 1 saturated carbocycles. The van der Waals surface area contributed by atoms with Gasteiger partial charge in [0.15, 0.2) is 0 Å². The fraction of sp³-hybridized carbons (Fsp3) is 0.481. The summed E-state index contributed by atoms with van der Waals surface area (Å²) in [6.07, 6.45) is 12.3. The molecule has 29 heavy (non-hydrogen) atoms. The zero-order chi connectivity index (χ0) is 20.2. The topological polar surface area (TPSA) is 21.3 Å². The minimum absolute atomic E-state index is 0.400. The molecule has 2 aromatic rings. The molecule has 0 heterocycles. The van der Waals surface area contributed by atoms with Crippen molar-refractivity contribution in [2.24, 2.45) is 0 Å². The van der Waals surface area contributed by atoms with E-state index in [0.29, 0.717) is 0 Å². The molecule has 0 amide bonds. The number of hydrogen-bond acceptors (Lipinski definition) is 2. The van der Waals surface area contributed by atoms with Crippen molar-refractivity contribution in [3.8, 4) is 0 Å². The molecule has 0 bridgehead atoms. The summed E-state index contributed by atoms with van der Waals surface area (Å²) in [5.74, 6) is 0. The molecule has 1 aliphatic rings. The van der Waals surface area contributed by atoms with Crippen LogP contribution in [0.25, 0.3) is 0 Å². The molecule has 156 valence electrons. The third-order valence-electron chi connectivity index (χ3n) is 6.01. The van der Waals surface area contributed by atoms with Crippen LogP contribution in [0.1, 0.15) is 69.4 Å². The number of benzene rings is 2. The second-order valence-electron chi connectivity index (χ2n) is 8.14. The van der Waals surface area contributed by atoms with Crippen LogP contribution in [0.4, 0.5) is 0 Å². The summed E-state index contributed by atoms with van der Waals surface area (Å²) in [7, 11) is 0. The van der Waals surface area contributed by atoms with Crippen LogP contribution in [0.5, 0.6) is 0 Å². The maximum Gasteiger partial charge on any atom is 0.119 e. The molecule has 0 unspecified atom stereocenters. The molecule has 1 N–H and O–H groups in total. The van der Waals surface area contributed by atoms with Gasteiger partial charge in [-0.3, -0.25) is 0 Å². The zero-order valence-electron chi connectivity index (χ0n) is 18.0. The summed E-state index contributed by atoms with van der Waals surface area (Å²) in [6.45, 7) is 4.89. The molecule has 0 spiro atoms. The number of ether oxygens (including phenoxy) is 1. The molecule has 2 heteroatoms. The first-order valence-corrected chi connectivity index (χ1v) is 11.5. The highest BCUT2D eigenvalue weighted by atomic mass is 16.5. The van der Waals surface area contributed by atoms with Crippen LogP contribution in [0.15, 0.2) is 72.3 Å². The van der Waals surface area contributed by atoms with Crippen molar-refractivity contribution in [1.82, 2.24) is 5.32 Å². The Kier molecular flexibility index (Phi) is 8.98. The van der Waals surface area contributed by atoms with E-state index < -0.39 is 5.60 Å². The zero-order valence-corrected chi connectivity index (χ0v) is 18.0. The normalized spacial score (nSPS) is 14.7. The minimum atomic E-state index is -0.400. The van der Waals surface area contributed by atoms with Crippen molar-refractivity contribution in [3.63, 3.8) is 0 Å². The first kappa shape index (κ1) is 21.8. The van der Waals surface area contributed by atoms with Gasteiger partial charge in [-0.15, -0.1) is 0 Å². The molecule has 0 aromatic heterocycles. The van der Waals surface area contributed by atoms with Gasteiger partial charge in [0.05, 0.1) is 0 Å². The number of unbranched alkanes of at least 4 members (excludes halogenated alkanes) is 1. The number of rotatable bonds is 11. The summed E-state index contributed by atoms with van der Waals surface area (Å²) in [6, 6.07) is 21.5.